The zero-order valence-corrected chi connectivity index (χ0v) is 11.1. The molecule has 1 aromatic rings. The molecule has 0 aliphatic rings. The van der Waals surface area contributed by atoms with Gasteiger partial charge in [-0.1, -0.05) is 0 Å². The summed E-state index contributed by atoms with van der Waals surface area (Å²) in [4.78, 5) is 14.9. The predicted octanol–water partition coefficient (Wildman–Crippen LogP) is 1.63. The van der Waals surface area contributed by atoms with Crippen molar-refractivity contribution >= 4 is 11.7 Å². The number of anilines is 1. The maximum Gasteiger partial charge on any atom is 0.337 e. The van der Waals surface area contributed by atoms with Crippen molar-refractivity contribution in [3.8, 4) is 0 Å². The molecule has 19 heavy (non-hydrogen) atoms. The summed E-state index contributed by atoms with van der Waals surface area (Å²) in [5.41, 5.74) is 0.793. The first-order chi connectivity index (χ1) is 9.25. The maximum absolute atomic E-state index is 11.0. The van der Waals surface area contributed by atoms with Gasteiger partial charge in [0.05, 0.1) is 30.7 Å². The van der Waals surface area contributed by atoms with Crippen molar-refractivity contribution in [1.29, 1.82) is 0 Å². The van der Waals surface area contributed by atoms with Crippen LogP contribution in [0.1, 0.15) is 23.2 Å². The van der Waals surface area contributed by atoms with Crippen LogP contribution in [-0.4, -0.2) is 49.5 Å². The zero-order chi connectivity index (χ0) is 13.9. The topological polar surface area (TPSA) is 80.7 Å². The van der Waals surface area contributed by atoms with Gasteiger partial charge in [-0.2, -0.15) is 0 Å². The van der Waals surface area contributed by atoms with Gasteiger partial charge in [-0.15, -0.1) is 0 Å². The average molecular weight is 268 g/mol. The molecule has 6 nitrogen and oxygen atoms in total. The molecular formula is C13H20N2O4. The molecule has 0 aromatic carbocycles. The molecule has 1 aromatic heterocycles. The van der Waals surface area contributed by atoms with Crippen molar-refractivity contribution < 1.29 is 19.4 Å². The first-order valence-electron chi connectivity index (χ1n) is 6.23. The van der Waals surface area contributed by atoms with E-state index in [4.69, 9.17) is 14.6 Å². The second-order valence-corrected chi connectivity index (χ2v) is 3.97. The van der Waals surface area contributed by atoms with Gasteiger partial charge in [-0.25, -0.2) is 4.79 Å². The molecule has 0 amide bonds. The van der Waals surface area contributed by atoms with E-state index in [2.05, 4.69) is 10.3 Å². The van der Waals surface area contributed by atoms with Crippen molar-refractivity contribution in [2.75, 3.05) is 38.8 Å². The van der Waals surface area contributed by atoms with Crippen LogP contribution in [0.15, 0.2) is 18.5 Å². The first kappa shape index (κ1) is 15.4. The zero-order valence-electron chi connectivity index (χ0n) is 11.1. The Morgan fingerprint density at radius 3 is 2.95 bits per heavy atom. The highest BCUT2D eigenvalue weighted by atomic mass is 16.5. The van der Waals surface area contributed by atoms with Crippen LogP contribution in [0.2, 0.25) is 0 Å². The molecule has 0 saturated carbocycles. The van der Waals surface area contributed by atoms with Gasteiger partial charge in [0, 0.05) is 26.5 Å². The van der Waals surface area contributed by atoms with E-state index in [9.17, 15) is 4.79 Å². The number of nitrogens with zero attached hydrogens (tertiary/aromatic N) is 1. The largest absolute Gasteiger partial charge is 0.478 e. The molecule has 106 valence electrons. The maximum atomic E-state index is 11.0. The number of carboxylic acids is 1. The van der Waals surface area contributed by atoms with Crippen molar-refractivity contribution in [3.63, 3.8) is 0 Å². The quantitative estimate of drug-likeness (QED) is 0.628. The van der Waals surface area contributed by atoms with E-state index in [1.54, 1.807) is 7.11 Å². The highest BCUT2D eigenvalue weighted by Crippen LogP contribution is 2.13. The van der Waals surface area contributed by atoms with Gasteiger partial charge >= 0.3 is 5.97 Å². The minimum Gasteiger partial charge on any atom is -0.478 e. The molecular weight excluding hydrogens is 248 g/mol. The fourth-order valence-electron chi connectivity index (χ4n) is 1.52. The Balaban J connectivity index is 2.17. The Labute approximate surface area is 112 Å². The first-order valence-corrected chi connectivity index (χ1v) is 6.23. The molecule has 0 aliphatic carbocycles. The molecule has 0 atom stereocenters. The number of hydrogen-bond donors (Lipinski definition) is 2. The molecule has 0 fully saturated rings. The number of rotatable bonds is 10. The van der Waals surface area contributed by atoms with Gasteiger partial charge in [-0.3, -0.25) is 4.98 Å². The van der Waals surface area contributed by atoms with Crippen molar-refractivity contribution in [3.05, 3.63) is 24.0 Å². The van der Waals surface area contributed by atoms with Crippen molar-refractivity contribution in [1.82, 2.24) is 4.98 Å². The van der Waals surface area contributed by atoms with Crippen LogP contribution < -0.4 is 5.32 Å². The van der Waals surface area contributed by atoms with Crippen LogP contribution in [0.4, 0.5) is 5.69 Å². The number of nitrogens with one attached hydrogen (secondary N) is 1. The van der Waals surface area contributed by atoms with Gasteiger partial charge in [0.25, 0.3) is 0 Å². The lowest BCUT2D eigenvalue weighted by Crippen LogP contribution is -2.09. The lowest BCUT2D eigenvalue weighted by atomic mass is 10.2. The SMILES string of the molecule is COCCOCCCCNc1cnccc1C(=O)O. The van der Waals surface area contributed by atoms with Crippen molar-refractivity contribution in [2.24, 2.45) is 0 Å². The van der Waals surface area contributed by atoms with E-state index in [0.717, 1.165) is 12.8 Å². The van der Waals surface area contributed by atoms with E-state index in [-0.39, 0.29) is 5.56 Å². The molecule has 2 N–H and O–H groups in total. The van der Waals surface area contributed by atoms with Gasteiger partial charge < -0.3 is 19.9 Å². The summed E-state index contributed by atoms with van der Waals surface area (Å²) in [6.45, 7) is 2.59. The standard InChI is InChI=1S/C13H20N2O4/c1-18-8-9-19-7-3-2-5-15-12-10-14-6-4-11(12)13(16)17/h4,6,10,15H,2-3,5,7-9H2,1H3,(H,16,17). The molecule has 0 bridgehead atoms. The molecule has 0 saturated heterocycles. The van der Waals surface area contributed by atoms with Crippen LogP contribution in [-0.2, 0) is 9.47 Å². The fraction of sp³-hybridized carbons (Fsp3) is 0.538. The molecule has 1 heterocycles. The highest BCUT2D eigenvalue weighted by Gasteiger charge is 2.08. The average Bonchev–Trinajstić information content (AvgIpc) is 2.42. The third-order valence-electron chi connectivity index (χ3n) is 2.51. The van der Waals surface area contributed by atoms with Crippen LogP contribution >= 0.6 is 0 Å². The minimum atomic E-state index is -0.951. The second kappa shape index (κ2) is 9.29. The predicted molar refractivity (Wildman–Crippen MR) is 71.6 cm³/mol. The summed E-state index contributed by atoms with van der Waals surface area (Å²) in [5, 5.41) is 12.1. The molecule has 0 aliphatic heterocycles. The number of ether oxygens (including phenoxy) is 2. The number of carbonyl (C=O) groups is 1. The summed E-state index contributed by atoms with van der Waals surface area (Å²) >= 11 is 0. The number of unbranched alkanes of at least 4 members (excludes halogenated alkanes) is 1. The number of aromatic carboxylic acids is 1. The Bertz CT molecular complexity index is 385. The number of hydrogen-bond acceptors (Lipinski definition) is 5. The van der Waals surface area contributed by atoms with Crippen LogP contribution in [0, 0.1) is 0 Å². The van der Waals surface area contributed by atoms with E-state index < -0.39 is 5.97 Å². The summed E-state index contributed by atoms with van der Waals surface area (Å²) in [6, 6.07) is 1.48. The summed E-state index contributed by atoms with van der Waals surface area (Å²) in [6.07, 6.45) is 4.82. The van der Waals surface area contributed by atoms with Crippen LogP contribution in [0.3, 0.4) is 0 Å². The molecule has 0 radical (unpaired) electrons. The molecule has 1 rings (SSSR count). The fourth-order valence-corrected chi connectivity index (χ4v) is 1.52. The van der Waals surface area contributed by atoms with Crippen LogP contribution in [0.25, 0.3) is 0 Å². The van der Waals surface area contributed by atoms with Gasteiger partial charge in [-0.05, 0) is 18.9 Å². The Morgan fingerprint density at radius 2 is 2.21 bits per heavy atom. The number of methoxy groups -OCH3 is 1. The smallest absolute Gasteiger partial charge is 0.337 e. The summed E-state index contributed by atoms with van der Waals surface area (Å²) < 4.78 is 10.2. The summed E-state index contributed by atoms with van der Waals surface area (Å²) in [5.74, 6) is -0.951. The summed E-state index contributed by atoms with van der Waals surface area (Å²) in [7, 11) is 1.64. The second-order valence-electron chi connectivity index (χ2n) is 3.97. The lowest BCUT2D eigenvalue weighted by molar-refractivity contribution is 0.0690. The van der Waals surface area contributed by atoms with Crippen LogP contribution in [0.5, 0.6) is 0 Å². The normalized spacial score (nSPS) is 10.4. The van der Waals surface area contributed by atoms with E-state index in [0.29, 0.717) is 32.1 Å². The number of aromatic nitrogens is 1. The third kappa shape index (κ3) is 6.17. The third-order valence-corrected chi connectivity index (χ3v) is 2.51. The molecule has 0 spiro atoms. The van der Waals surface area contributed by atoms with Crippen molar-refractivity contribution in [2.45, 2.75) is 12.8 Å². The van der Waals surface area contributed by atoms with E-state index in [1.807, 2.05) is 0 Å². The lowest BCUT2D eigenvalue weighted by Gasteiger charge is -2.08. The Kier molecular flexibility index (Phi) is 7.53. The van der Waals surface area contributed by atoms with E-state index in [1.165, 1.54) is 18.5 Å². The molecule has 0 unspecified atom stereocenters. The number of pyridine rings is 1. The minimum absolute atomic E-state index is 0.242. The molecule has 6 heteroatoms. The number of carboxylic acid groups (broad SMARTS) is 1. The monoisotopic (exact) mass is 268 g/mol. The Morgan fingerprint density at radius 1 is 1.37 bits per heavy atom. The highest BCUT2D eigenvalue weighted by molar-refractivity contribution is 5.93. The van der Waals surface area contributed by atoms with Gasteiger partial charge in [0.2, 0.25) is 0 Å². The van der Waals surface area contributed by atoms with E-state index >= 15 is 0 Å². The van der Waals surface area contributed by atoms with Gasteiger partial charge in [0.1, 0.15) is 0 Å². The van der Waals surface area contributed by atoms with Gasteiger partial charge in [0.15, 0.2) is 0 Å². The Hall–Kier alpha value is -1.66.